The lowest BCUT2D eigenvalue weighted by molar-refractivity contribution is -0.131. The molecule has 2 rings (SSSR count). The third-order valence-corrected chi connectivity index (χ3v) is 4.14. The van der Waals surface area contributed by atoms with Gasteiger partial charge in [-0.25, -0.2) is 0 Å². The Morgan fingerprint density at radius 3 is 2.50 bits per heavy atom. The van der Waals surface area contributed by atoms with E-state index in [1.54, 1.807) is 0 Å². The summed E-state index contributed by atoms with van der Waals surface area (Å²) in [5.41, 5.74) is 1.08. The fraction of sp³-hybridized carbons (Fsp3) is 0.562. The number of anilines is 1. The van der Waals surface area contributed by atoms with Gasteiger partial charge in [-0.2, -0.15) is 0 Å². The molecule has 110 valence electrons. The molecule has 0 saturated carbocycles. The van der Waals surface area contributed by atoms with Gasteiger partial charge in [-0.3, -0.25) is 4.79 Å². The molecular formula is C16H23ClN2O. The summed E-state index contributed by atoms with van der Waals surface area (Å²) in [6.45, 7) is 5.49. The Kier molecular flexibility index (Phi) is 5.72. The number of benzene rings is 1. The molecule has 3 nitrogen and oxygen atoms in total. The van der Waals surface area contributed by atoms with E-state index in [1.165, 1.54) is 0 Å². The van der Waals surface area contributed by atoms with Gasteiger partial charge < -0.3 is 9.80 Å². The van der Waals surface area contributed by atoms with Crippen LogP contribution in [0.4, 0.5) is 5.69 Å². The van der Waals surface area contributed by atoms with Crippen molar-refractivity contribution in [3.8, 4) is 0 Å². The Morgan fingerprint density at radius 2 is 1.85 bits per heavy atom. The highest BCUT2D eigenvalue weighted by Gasteiger charge is 2.21. The molecule has 0 bridgehead atoms. The van der Waals surface area contributed by atoms with E-state index >= 15 is 0 Å². The highest BCUT2D eigenvalue weighted by Crippen LogP contribution is 2.26. The second kappa shape index (κ2) is 7.53. The van der Waals surface area contributed by atoms with Crippen LogP contribution in [0.3, 0.4) is 0 Å². The van der Waals surface area contributed by atoms with Gasteiger partial charge >= 0.3 is 0 Å². The van der Waals surface area contributed by atoms with Crippen molar-refractivity contribution >= 4 is 23.2 Å². The van der Waals surface area contributed by atoms with Gasteiger partial charge in [0.05, 0.1) is 10.7 Å². The first-order valence-corrected chi connectivity index (χ1v) is 7.87. The SMILES string of the molecule is CCCCCC(=O)N1CCN(c2ccccc2Cl)CC1. The Bertz CT molecular complexity index is 442. The molecule has 0 aliphatic carbocycles. The predicted molar refractivity (Wildman–Crippen MR) is 84.4 cm³/mol. The highest BCUT2D eigenvalue weighted by molar-refractivity contribution is 6.33. The zero-order valence-corrected chi connectivity index (χ0v) is 12.9. The van der Waals surface area contributed by atoms with E-state index in [0.717, 1.165) is 56.2 Å². The van der Waals surface area contributed by atoms with Gasteiger partial charge in [-0.1, -0.05) is 43.5 Å². The zero-order valence-electron chi connectivity index (χ0n) is 12.1. The summed E-state index contributed by atoms with van der Waals surface area (Å²) >= 11 is 6.22. The second-order valence-electron chi connectivity index (χ2n) is 5.28. The fourth-order valence-electron chi connectivity index (χ4n) is 2.59. The first-order valence-electron chi connectivity index (χ1n) is 7.49. The second-order valence-corrected chi connectivity index (χ2v) is 5.68. The summed E-state index contributed by atoms with van der Waals surface area (Å²) in [6.07, 6.45) is 4.01. The molecule has 1 aliphatic rings. The molecule has 0 radical (unpaired) electrons. The molecule has 1 amide bonds. The van der Waals surface area contributed by atoms with Crippen LogP contribution in [0.5, 0.6) is 0 Å². The molecule has 0 aromatic heterocycles. The number of hydrogen-bond acceptors (Lipinski definition) is 2. The molecule has 0 unspecified atom stereocenters. The van der Waals surface area contributed by atoms with Crippen molar-refractivity contribution < 1.29 is 4.79 Å². The van der Waals surface area contributed by atoms with Crippen molar-refractivity contribution in [3.05, 3.63) is 29.3 Å². The monoisotopic (exact) mass is 294 g/mol. The topological polar surface area (TPSA) is 23.6 Å². The first-order chi connectivity index (χ1) is 9.72. The Labute approximate surface area is 126 Å². The van der Waals surface area contributed by atoms with Crippen LogP contribution in [0.25, 0.3) is 0 Å². The van der Waals surface area contributed by atoms with Crippen LogP contribution < -0.4 is 4.90 Å². The smallest absolute Gasteiger partial charge is 0.222 e. The van der Waals surface area contributed by atoms with Gasteiger partial charge in [0.25, 0.3) is 0 Å². The normalized spacial score (nSPS) is 15.5. The van der Waals surface area contributed by atoms with E-state index in [4.69, 9.17) is 11.6 Å². The maximum absolute atomic E-state index is 12.1. The van der Waals surface area contributed by atoms with Crippen LogP contribution in [0.1, 0.15) is 32.6 Å². The third-order valence-electron chi connectivity index (χ3n) is 3.82. The van der Waals surface area contributed by atoms with E-state index in [2.05, 4.69) is 11.8 Å². The van der Waals surface area contributed by atoms with Crippen LogP contribution in [0.2, 0.25) is 5.02 Å². The molecule has 1 aromatic rings. The third kappa shape index (κ3) is 3.89. The van der Waals surface area contributed by atoms with Crippen molar-refractivity contribution in [2.75, 3.05) is 31.1 Å². The Morgan fingerprint density at radius 1 is 1.15 bits per heavy atom. The van der Waals surface area contributed by atoms with Crippen LogP contribution in [-0.4, -0.2) is 37.0 Å². The van der Waals surface area contributed by atoms with E-state index in [9.17, 15) is 4.79 Å². The minimum atomic E-state index is 0.303. The lowest BCUT2D eigenvalue weighted by Crippen LogP contribution is -2.48. The maximum Gasteiger partial charge on any atom is 0.222 e. The standard InChI is InChI=1S/C16H23ClN2O/c1-2-3-4-9-16(20)19-12-10-18(11-13-19)15-8-6-5-7-14(15)17/h5-8H,2-4,9-13H2,1H3. The number of carbonyl (C=O) groups is 1. The number of rotatable bonds is 5. The van der Waals surface area contributed by atoms with Crippen LogP contribution >= 0.6 is 11.6 Å². The van der Waals surface area contributed by atoms with E-state index in [1.807, 2.05) is 29.2 Å². The largest absolute Gasteiger partial charge is 0.367 e. The van der Waals surface area contributed by atoms with Gasteiger partial charge in [0, 0.05) is 32.6 Å². The molecule has 1 heterocycles. The molecule has 0 spiro atoms. The summed E-state index contributed by atoms with van der Waals surface area (Å²) in [5.74, 6) is 0.303. The number of piperazine rings is 1. The summed E-state index contributed by atoms with van der Waals surface area (Å²) in [6, 6.07) is 7.91. The average molecular weight is 295 g/mol. The molecule has 20 heavy (non-hydrogen) atoms. The molecule has 4 heteroatoms. The number of carbonyl (C=O) groups excluding carboxylic acids is 1. The predicted octanol–water partition coefficient (Wildman–Crippen LogP) is 3.57. The number of para-hydroxylation sites is 1. The number of unbranched alkanes of at least 4 members (excludes halogenated alkanes) is 2. The summed E-state index contributed by atoms with van der Waals surface area (Å²) < 4.78 is 0. The lowest BCUT2D eigenvalue weighted by Gasteiger charge is -2.36. The van der Waals surface area contributed by atoms with Crippen LogP contribution in [0.15, 0.2) is 24.3 Å². The van der Waals surface area contributed by atoms with Crippen molar-refractivity contribution in [2.24, 2.45) is 0 Å². The van der Waals surface area contributed by atoms with Crippen molar-refractivity contribution in [3.63, 3.8) is 0 Å². The van der Waals surface area contributed by atoms with Gasteiger partial charge in [0.1, 0.15) is 0 Å². The minimum absolute atomic E-state index is 0.303. The van der Waals surface area contributed by atoms with E-state index < -0.39 is 0 Å². The van der Waals surface area contributed by atoms with E-state index in [0.29, 0.717) is 12.3 Å². The van der Waals surface area contributed by atoms with Gasteiger partial charge in [-0.05, 0) is 18.6 Å². The summed E-state index contributed by atoms with van der Waals surface area (Å²) in [5, 5.41) is 0.787. The number of amides is 1. The number of nitrogens with zero attached hydrogens (tertiary/aromatic N) is 2. The van der Waals surface area contributed by atoms with Crippen LogP contribution in [0, 0.1) is 0 Å². The maximum atomic E-state index is 12.1. The van der Waals surface area contributed by atoms with Gasteiger partial charge in [0.2, 0.25) is 5.91 Å². The molecule has 1 saturated heterocycles. The molecule has 1 aromatic carbocycles. The fourth-order valence-corrected chi connectivity index (χ4v) is 2.84. The summed E-state index contributed by atoms with van der Waals surface area (Å²) in [7, 11) is 0. The first kappa shape index (κ1) is 15.2. The molecule has 1 fully saturated rings. The lowest BCUT2D eigenvalue weighted by atomic mass is 10.1. The number of halogens is 1. The van der Waals surface area contributed by atoms with Gasteiger partial charge in [-0.15, -0.1) is 0 Å². The van der Waals surface area contributed by atoms with Crippen molar-refractivity contribution in [1.82, 2.24) is 4.90 Å². The van der Waals surface area contributed by atoms with Gasteiger partial charge in [0.15, 0.2) is 0 Å². The van der Waals surface area contributed by atoms with Crippen molar-refractivity contribution in [2.45, 2.75) is 32.6 Å². The Hall–Kier alpha value is -1.22. The average Bonchev–Trinajstić information content (AvgIpc) is 2.48. The highest BCUT2D eigenvalue weighted by atomic mass is 35.5. The van der Waals surface area contributed by atoms with E-state index in [-0.39, 0.29) is 0 Å². The quantitative estimate of drug-likeness (QED) is 0.775. The molecule has 1 aliphatic heterocycles. The molecule has 0 N–H and O–H groups in total. The molecule has 0 atom stereocenters. The Balaban J connectivity index is 1.83. The minimum Gasteiger partial charge on any atom is -0.367 e. The molecular weight excluding hydrogens is 272 g/mol. The van der Waals surface area contributed by atoms with Crippen LogP contribution in [-0.2, 0) is 4.79 Å². The summed E-state index contributed by atoms with van der Waals surface area (Å²) in [4.78, 5) is 16.3. The van der Waals surface area contributed by atoms with Crippen molar-refractivity contribution in [1.29, 1.82) is 0 Å². The number of hydrogen-bond donors (Lipinski definition) is 0. The zero-order chi connectivity index (χ0) is 14.4.